The number of amides is 2. The van der Waals surface area contributed by atoms with Crippen LogP contribution in [0.25, 0.3) is 0 Å². The first-order chi connectivity index (χ1) is 11.6. The van der Waals surface area contributed by atoms with E-state index in [2.05, 4.69) is 4.90 Å². The van der Waals surface area contributed by atoms with Gasteiger partial charge in [-0.25, -0.2) is 0 Å². The van der Waals surface area contributed by atoms with Gasteiger partial charge in [0, 0.05) is 39.3 Å². The predicted molar refractivity (Wildman–Crippen MR) is 91.2 cm³/mol. The number of halogens is 1. The van der Waals surface area contributed by atoms with Crippen molar-refractivity contribution in [2.75, 3.05) is 59.0 Å². The monoisotopic (exact) mass is 351 g/mol. The highest BCUT2D eigenvalue weighted by Gasteiger charge is 2.26. The Kier molecular flexibility index (Phi) is 5.71. The second kappa shape index (κ2) is 7.96. The van der Waals surface area contributed by atoms with Gasteiger partial charge in [0.25, 0.3) is 5.91 Å². The van der Waals surface area contributed by atoms with Crippen molar-refractivity contribution in [3.05, 3.63) is 34.9 Å². The van der Waals surface area contributed by atoms with Gasteiger partial charge in [0.05, 0.1) is 30.3 Å². The Morgan fingerprint density at radius 2 is 1.58 bits per heavy atom. The van der Waals surface area contributed by atoms with E-state index in [0.717, 1.165) is 13.1 Å². The third kappa shape index (κ3) is 4.06. The molecule has 0 bridgehead atoms. The van der Waals surface area contributed by atoms with Crippen molar-refractivity contribution >= 4 is 23.4 Å². The minimum atomic E-state index is -0.0686. The van der Waals surface area contributed by atoms with Crippen molar-refractivity contribution in [2.45, 2.75) is 0 Å². The summed E-state index contributed by atoms with van der Waals surface area (Å²) in [7, 11) is 0. The quantitative estimate of drug-likeness (QED) is 0.814. The molecule has 2 amide bonds. The molecule has 2 aliphatic heterocycles. The first-order valence-corrected chi connectivity index (χ1v) is 8.64. The van der Waals surface area contributed by atoms with Crippen LogP contribution in [0.1, 0.15) is 10.4 Å². The van der Waals surface area contributed by atoms with Crippen LogP contribution in [-0.4, -0.2) is 85.5 Å². The highest BCUT2D eigenvalue weighted by molar-refractivity contribution is 6.33. The average Bonchev–Trinajstić information content (AvgIpc) is 2.62. The van der Waals surface area contributed by atoms with E-state index < -0.39 is 0 Å². The molecule has 0 N–H and O–H groups in total. The van der Waals surface area contributed by atoms with Gasteiger partial charge in [-0.2, -0.15) is 0 Å². The van der Waals surface area contributed by atoms with Crippen LogP contribution in [0, 0.1) is 0 Å². The molecule has 2 aliphatic rings. The second-order valence-corrected chi connectivity index (χ2v) is 6.45. The van der Waals surface area contributed by atoms with Gasteiger partial charge in [-0.3, -0.25) is 14.5 Å². The molecule has 1 aromatic carbocycles. The maximum Gasteiger partial charge on any atom is 0.255 e. The molecule has 24 heavy (non-hydrogen) atoms. The molecule has 7 heteroatoms. The first-order valence-electron chi connectivity index (χ1n) is 8.27. The fourth-order valence-electron chi connectivity index (χ4n) is 3.01. The van der Waals surface area contributed by atoms with E-state index in [1.54, 1.807) is 29.2 Å². The smallest absolute Gasteiger partial charge is 0.255 e. The summed E-state index contributed by atoms with van der Waals surface area (Å²) >= 11 is 6.10. The Labute approximate surface area is 146 Å². The Morgan fingerprint density at radius 1 is 0.958 bits per heavy atom. The van der Waals surface area contributed by atoms with Crippen molar-refractivity contribution < 1.29 is 14.3 Å². The number of nitrogens with zero attached hydrogens (tertiary/aromatic N) is 3. The van der Waals surface area contributed by atoms with Crippen molar-refractivity contribution in [3.8, 4) is 0 Å². The summed E-state index contributed by atoms with van der Waals surface area (Å²) in [5.74, 6) is 0.0580. The molecule has 2 saturated heterocycles. The number of carbonyl (C=O) groups is 2. The lowest BCUT2D eigenvalue weighted by Gasteiger charge is -2.36. The van der Waals surface area contributed by atoms with E-state index in [4.69, 9.17) is 16.3 Å². The van der Waals surface area contributed by atoms with Crippen LogP contribution in [0.5, 0.6) is 0 Å². The fraction of sp³-hybridized carbons (Fsp3) is 0.529. The number of morpholine rings is 1. The van der Waals surface area contributed by atoms with Gasteiger partial charge in [0.15, 0.2) is 0 Å². The van der Waals surface area contributed by atoms with Crippen LogP contribution in [0.3, 0.4) is 0 Å². The largest absolute Gasteiger partial charge is 0.379 e. The number of ether oxygens (including phenoxy) is 1. The van der Waals surface area contributed by atoms with E-state index in [1.165, 1.54) is 0 Å². The van der Waals surface area contributed by atoms with Crippen LogP contribution in [0.15, 0.2) is 24.3 Å². The molecule has 1 aromatic rings. The Balaban J connectivity index is 1.51. The zero-order valence-electron chi connectivity index (χ0n) is 13.6. The van der Waals surface area contributed by atoms with Crippen LogP contribution in [0.4, 0.5) is 0 Å². The number of hydrogen-bond donors (Lipinski definition) is 0. The number of benzene rings is 1. The molecule has 0 atom stereocenters. The van der Waals surface area contributed by atoms with E-state index >= 15 is 0 Å². The zero-order chi connectivity index (χ0) is 16.9. The summed E-state index contributed by atoms with van der Waals surface area (Å²) in [5, 5.41) is 0.466. The molecule has 0 unspecified atom stereocenters. The summed E-state index contributed by atoms with van der Waals surface area (Å²) in [6.45, 7) is 5.63. The predicted octanol–water partition coefficient (Wildman–Crippen LogP) is 0.957. The molecule has 2 fully saturated rings. The minimum absolute atomic E-state index is 0.0686. The number of piperazine rings is 1. The Morgan fingerprint density at radius 3 is 2.25 bits per heavy atom. The molecular formula is C17H22ClN3O3. The lowest BCUT2D eigenvalue weighted by Crippen LogP contribution is -2.53. The lowest BCUT2D eigenvalue weighted by molar-refractivity contribution is -0.134. The number of rotatable bonds is 3. The maximum absolute atomic E-state index is 12.5. The van der Waals surface area contributed by atoms with Gasteiger partial charge in [0.2, 0.25) is 5.91 Å². The van der Waals surface area contributed by atoms with Crippen LogP contribution in [-0.2, 0) is 9.53 Å². The standard InChI is InChI=1S/C17H22ClN3O3/c18-15-4-2-1-3-14(15)17(23)21-7-5-20(6-8-21)16(22)13-19-9-11-24-12-10-19/h1-4H,5-13H2. The van der Waals surface area contributed by atoms with E-state index in [0.29, 0.717) is 56.5 Å². The van der Waals surface area contributed by atoms with Gasteiger partial charge >= 0.3 is 0 Å². The fourth-order valence-corrected chi connectivity index (χ4v) is 3.23. The summed E-state index contributed by atoms with van der Waals surface area (Å²) in [6, 6.07) is 7.07. The van der Waals surface area contributed by atoms with E-state index in [-0.39, 0.29) is 11.8 Å². The third-order valence-electron chi connectivity index (χ3n) is 4.49. The molecular weight excluding hydrogens is 330 g/mol. The van der Waals surface area contributed by atoms with Crippen LogP contribution >= 0.6 is 11.6 Å². The van der Waals surface area contributed by atoms with Gasteiger partial charge in [-0.05, 0) is 12.1 Å². The molecule has 2 heterocycles. The highest BCUT2D eigenvalue weighted by atomic mass is 35.5. The van der Waals surface area contributed by atoms with Crippen LogP contribution in [0.2, 0.25) is 5.02 Å². The minimum Gasteiger partial charge on any atom is -0.379 e. The molecule has 130 valence electrons. The van der Waals surface area contributed by atoms with Gasteiger partial charge in [-0.1, -0.05) is 23.7 Å². The van der Waals surface area contributed by atoms with Crippen molar-refractivity contribution in [1.82, 2.24) is 14.7 Å². The van der Waals surface area contributed by atoms with Gasteiger partial charge in [0.1, 0.15) is 0 Å². The molecule has 6 nitrogen and oxygen atoms in total. The normalized spacial score (nSPS) is 19.4. The van der Waals surface area contributed by atoms with Gasteiger partial charge < -0.3 is 14.5 Å². The molecule has 0 aliphatic carbocycles. The summed E-state index contributed by atoms with van der Waals surface area (Å²) < 4.78 is 5.30. The summed E-state index contributed by atoms with van der Waals surface area (Å²) in [4.78, 5) is 30.6. The SMILES string of the molecule is O=C(CN1CCOCC1)N1CCN(C(=O)c2ccccc2Cl)CC1. The topological polar surface area (TPSA) is 53.1 Å². The van der Waals surface area contributed by atoms with Crippen molar-refractivity contribution in [3.63, 3.8) is 0 Å². The number of hydrogen-bond acceptors (Lipinski definition) is 4. The maximum atomic E-state index is 12.5. The molecule has 3 rings (SSSR count). The van der Waals surface area contributed by atoms with Crippen LogP contribution < -0.4 is 0 Å². The second-order valence-electron chi connectivity index (χ2n) is 6.04. The highest BCUT2D eigenvalue weighted by Crippen LogP contribution is 2.18. The van der Waals surface area contributed by atoms with E-state index in [9.17, 15) is 9.59 Å². The van der Waals surface area contributed by atoms with Crippen molar-refractivity contribution in [1.29, 1.82) is 0 Å². The van der Waals surface area contributed by atoms with E-state index in [1.807, 2.05) is 4.90 Å². The Bertz CT molecular complexity index is 596. The Hall–Kier alpha value is -1.63. The third-order valence-corrected chi connectivity index (χ3v) is 4.82. The number of carbonyl (C=O) groups excluding carboxylic acids is 2. The molecule has 0 saturated carbocycles. The first kappa shape index (κ1) is 17.2. The lowest BCUT2D eigenvalue weighted by atomic mass is 10.2. The summed E-state index contributed by atoms with van der Waals surface area (Å²) in [6.07, 6.45) is 0. The molecule has 0 aromatic heterocycles. The molecule has 0 spiro atoms. The average molecular weight is 352 g/mol. The molecule has 0 radical (unpaired) electrons. The van der Waals surface area contributed by atoms with Gasteiger partial charge in [-0.15, -0.1) is 0 Å². The van der Waals surface area contributed by atoms with Crippen molar-refractivity contribution in [2.24, 2.45) is 0 Å². The summed E-state index contributed by atoms with van der Waals surface area (Å²) in [5.41, 5.74) is 0.521. The zero-order valence-corrected chi connectivity index (χ0v) is 14.4.